The molecular formula is C9H11ClN2O2S. The summed E-state index contributed by atoms with van der Waals surface area (Å²) in [5.41, 5.74) is 4.86. The minimum absolute atomic E-state index is 0.457. The summed E-state index contributed by atoms with van der Waals surface area (Å²) in [5.74, 6) is -1.60. The van der Waals surface area contributed by atoms with E-state index in [0.717, 1.165) is 4.88 Å². The number of nitrogens with zero attached hydrogens (tertiary/aromatic N) is 1. The monoisotopic (exact) mass is 246 g/mol. The Labute approximate surface area is 96.6 Å². The van der Waals surface area contributed by atoms with E-state index in [1.807, 2.05) is 6.07 Å². The van der Waals surface area contributed by atoms with Crippen LogP contribution < -0.4 is 5.73 Å². The number of amides is 2. The van der Waals surface area contributed by atoms with Gasteiger partial charge < -0.3 is 10.6 Å². The molecule has 0 radical (unpaired) electrons. The molecule has 0 atom stereocenters. The van der Waals surface area contributed by atoms with E-state index in [0.29, 0.717) is 17.3 Å². The highest BCUT2D eigenvalue weighted by molar-refractivity contribution is 7.16. The molecule has 15 heavy (non-hydrogen) atoms. The first kappa shape index (κ1) is 12.0. The fourth-order valence-electron chi connectivity index (χ4n) is 1.05. The molecule has 0 bridgehead atoms. The van der Waals surface area contributed by atoms with Crippen molar-refractivity contribution in [1.29, 1.82) is 0 Å². The van der Waals surface area contributed by atoms with Crippen LogP contribution in [0.1, 0.15) is 4.88 Å². The Morgan fingerprint density at radius 1 is 1.53 bits per heavy atom. The summed E-state index contributed by atoms with van der Waals surface area (Å²) in [4.78, 5) is 24.0. The zero-order valence-electron chi connectivity index (χ0n) is 8.20. The van der Waals surface area contributed by atoms with E-state index < -0.39 is 11.8 Å². The van der Waals surface area contributed by atoms with Gasteiger partial charge in [-0.2, -0.15) is 0 Å². The fraction of sp³-hybridized carbons (Fsp3) is 0.333. The molecule has 4 nitrogen and oxygen atoms in total. The average Bonchev–Trinajstić information content (AvgIpc) is 2.59. The Morgan fingerprint density at radius 2 is 2.20 bits per heavy atom. The smallest absolute Gasteiger partial charge is 0.311 e. The summed E-state index contributed by atoms with van der Waals surface area (Å²) in [5, 5.41) is 0. The van der Waals surface area contributed by atoms with Gasteiger partial charge >= 0.3 is 11.8 Å². The van der Waals surface area contributed by atoms with Crippen molar-refractivity contribution in [3.8, 4) is 0 Å². The van der Waals surface area contributed by atoms with E-state index in [2.05, 4.69) is 0 Å². The molecule has 0 saturated carbocycles. The molecule has 0 unspecified atom stereocenters. The number of thiophene rings is 1. The van der Waals surface area contributed by atoms with Gasteiger partial charge in [-0.05, 0) is 18.6 Å². The summed E-state index contributed by atoms with van der Waals surface area (Å²) in [6.07, 6.45) is 0.674. The number of carbonyl (C=O) groups is 2. The van der Waals surface area contributed by atoms with Crippen molar-refractivity contribution in [1.82, 2.24) is 4.90 Å². The quantitative estimate of drug-likeness (QED) is 0.805. The number of nitrogens with two attached hydrogens (primary N) is 1. The summed E-state index contributed by atoms with van der Waals surface area (Å²) >= 11 is 7.21. The Bertz CT molecular complexity index is 378. The SMILES string of the molecule is CN(CCc1ccc(Cl)s1)C(=O)C(N)=O. The van der Waals surface area contributed by atoms with Gasteiger partial charge in [0, 0.05) is 18.5 Å². The Kier molecular flexibility index (Phi) is 4.11. The molecular weight excluding hydrogens is 236 g/mol. The van der Waals surface area contributed by atoms with E-state index in [9.17, 15) is 9.59 Å². The summed E-state index contributed by atoms with van der Waals surface area (Å²) in [6.45, 7) is 0.457. The Hall–Kier alpha value is -1.07. The molecule has 0 aliphatic rings. The summed E-state index contributed by atoms with van der Waals surface area (Å²) in [6, 6.07) is 3.70. The molecule has 0 saturated heterocycles. The lowest BCUT2D eigenvalue weighted by atomic mass is 10.3. The molecule has 1 rings (SSSR count). The zero-order chi connectivity index (χ0) is 11.4. The maximum Gasteiger partial charge on any atom is 0.311 e. The van der Waals surface area contributed by atoms with Crippen molar-refractivity contribution >= 4 is 34.8 Å². The van der Waals surface area contributed by atoms with E-state index in [1.54, 1.807) is 13.1 Å². The molecule has 2 amide bonds. The van der Waals surface area contributed by atoms with E-state index >= 15 is 0 Å². The van der Waals surface area contributed by atoms with Gasteiger partial charge in [0.15, 0.2) is 0 Å². The lowest BCUT2D eigenvalue weighted by molar-refractivity contribution is -0.143. The largest absolute Gasteiger partial charge is 0.361 e. The first-order valence-corrected chi connectivity index (χ1v) is 5.49. The predicted octanol–water partition coefficient (Wildman–Crippen LogP) is 0.888. The van der Waals surface area contributed by atoms with Gasteiger partial charge in [-0.25, -0.2) is 0 Å². The van der Waals surface area contributed by atoms with Crippen LogP contribution in [-0.4, -0.2) is 30.3 Å². The second-order valence-electron chi connectivity index (χ2n) is 3.05. The highest BCUT2D eigenvalue weighted by Gasteiger charge is 2.14. The van der Waals surface area contributed by atoms with Gasteiger partial charge in [0.25, 0.3) is 0 Å². The summed E-state index contributed by atoms with van der Waals surface area (Å²) < 4.78 is 0.717. The van der Waals surface area contributed by atoms with Crippen LogP contribution in [0.3, 0.4) is 0 Å². The zero-order valence-corrected chi connectivity index (χ0v) is 9.77. The van der Waals surface area contributed by atoms with Crippen molar-refractivity contribution in [3.05, 3.63) is 21.3 Å². The van der Waals surface area contributed by atoms with Crippen LogP contribution in [0.15, 0.2) is 12.1 Å². The molecule has 0 aromatic carbocycles. The maximum atomic E-state index is 11.1. The highest BCUT2D eigenvalue weighted by atomic mass is 35.5. The van der Waals surface area contributed by atoms with Gasteiger partial charge in [-0.1, -0.05) is 11.6 Å². The topological polar surface area (TPSA) is 63.4 Å². The third-order valence-corrected chi connectivity index (χ3v) is 3.17. The van der Waals surface area contributed by atoms with Crippen LogP contribution in [0.4, 0.5) is 0 Å². The lowest BCUT2D eigenvalue weighted by Gasteiger charge is -2.13. The molecule has 1 aromatic heterocycles. The number of hydrogen-bond acceptors (Lipinski definition) is 3. The normalized spacial score (nSPS) is 10.0. The fourth-order valence-corrected chi connectivity index (χ4v) is 2.13. The van der Waals surface area contributed by atoms with Crippen LogP contribution in [0.2, 0.25) is 4.34 Å². The number of hydrogen-bond donors (Lipinski definition) is 1. The minimum atomic E-state index is -0.929. The van der Waals surface area contributed by atoms with E-state index in [1.165, 1.54) is 16.2 Å². The average molecular weight is 247 g/mol. The standard InChI is InChI=1S/C9H11ClN2O2S/c1-12(9(14)8(11)13)5-4-6-2-3-7(10)15-6/h2-3H,4-5H2,1H3,(H2,11,13). The van der Waals surface area contributed by atoms with Gasteiger partial charge in [0.1, 0.15) is 0 Å². The Morgan fingerprint density at radius 3 is 2.67 bits per heavy atom. The van der Waals surface area contributed by atoms with Gasteiger partial charge in [0.05, 0.1) is 4.34 Å². The van der Waals surface area contributed by atoms with E-state index in [4.69, 9.17) is 17.3 Å². The van der Waals surface area contributed by atoms with Gasteiger partial charge in [-0.3, -0.25) is 9.59 Å². The van der Waals surface area contributed by atoms with Crippen LogP contribution in [0.5, 0.6) is 0 Å². The minimum Gasteiger partial charge on any atom is -0.361 e. The predicted molar refractivity (Wildman–Crippen MR) is 59.9 cm³/mol. The Balaban J connectivity index is 2.44. The van der Waals surface area contributed by atoms with Crippen molar-refractivity contribution in [2.24, 2.45) is 5.73 Å². The van der Waals surface area contributed by atoms with Crippen molar-refractivity contribution < 1.29 is 9.59 Å². The van der Waals surface area contributed by atoms with Crippen LogP contribution in [0.25, 0.3) is 0 Å². The van der Waals surface area contributed by atoms with Gasteiger partial charge in [-0.15, -0.1) is 11.3 Å². The molecule has 0 aliphatic carbocycles. The number of carbonyl (C=O) groups excluding carboxylic acids is 2. The maximum absolute atomic E-state index is 11.1. The second-order valence-corrected chi connectivity index (χ2v) is 4.85. The highest BCUT2D eigenvalue weighted by Crippen LogP contribution is 2.21. The van der Waals surface area contributed by atoms with Crippen LogP contribution >= 0.6 is 22.9 Å². The molecule has 6 heteroatoms. The van der Waals surface area contributed by atoms with Crippen LogP contribution in [0, 0.1) is 0 Å². The molecule has 0 aliphatic heterocycles. The first-order chi connectivity index (χ1) is 7.00. The number of halogens is 1. The number of primary amides is 1. The van der Waals surface area contributed by atoms with E-state index in [-0.39, 0.29) is 0 Å². The van der Waals surface area contributed by atoms with Crippen molar-refractivity contribution in [3.63, 3.8) is 0 Å². The van der Waals surface area contributed by atoms with Crippen molar-refractivity contribution in [2.75, 3.05) is 13.6 Å². The summed E-state index contributed by atoms with van der Waals surface area (Å²) in [7, 11) is 1.54. The van der Waals surface area contributed by atoms with Crippen molar-refractivity contribution in [2.45, 2.75) is 6.42 Å². The molecule has 0 fully saturated rings. The molecule has 82 valence electrons. The molecule has 1 heterocycles. The third kappa shape index (κ3) is 3.53. The molecule has 1 aromatic rings. The van der Waals surface area contributed by atoms with Gasteiger partial charge in [0.2, 0.25) is 0 Å². The second kappa shape index (κ2) is 5.14. The third-order valence-electron chi connectivity index (χ3n) is 1.88. The lowest BCUT2D eigenvalue weighted by Crippen LogP contribution is -2.38. The number of likely N-dealkylation sites (N-methyl/N-ethyl adjacent to an activating group) is 1. The van der Waals surface area contributed by atoms with Crippen LogP contribution in [-0.2, 0) is 16.0 Å². The molecule has 2 N–H and O–H groups in total. The molecule has 0 spiro atoms. The number of rotatable bonds is 3. The first-order valence-electron chi connectivity index (χ1n) is 4.30.